The molecule has 150 valence electrons. The molecule has 1 aromatic heterocycles. The number of nitrogens with zero attached hydrogens (tertiary/aromatic N) is 1. The lowest BCUT2D eigenvalue weighted by atomic mass is 10.1. The number of non-ortho nitro benzene ring substituents is 1. The number of methoxy groups -OCH3 is 1. The standard InChI is InChI=1S/C21H19ClN2O5/c1-13-3-6-18(28-2)14(11-13)9-10-23-21(25)20-8-7-19(29-20)16-5-4-15(24(26)27)12-17(16)22/h3-8,11-12H,9-10H2,1-2H3,(H,23,25). The summed E-state index contributed by atoms with van der Waals surface area (Å²) in [5.74, 6) is 0.903. The summed E-state index contributed by atoms with van der Waals surface area (Å²) in [6, 6.07) is 13.1. The normalized spacial score (nSPS) is 10.6. The Kier molecular flexibility index (Phi) is 6.19. The molecule has 0 aliphatic carbocycles. The fraction of sp³-hybridized carbons (Fsp3) is 0.190. The van der Waals surface area contributed by atoms with E-state index in [1.807, 2.05) is 25.1 Å². The molecule has 0 aliphatic rings. The van der Waals surface area contributed by atoms with E-state index >= 15 is 0 Å². The zero-order chi connectivity index (χ0) is 21.0. The van der Waals surface area contributed by atoms with E-state index in [1.165, 1.54) is 24.3 Å². The van der Waals surface area contributed by atoms with Gasteiger partial charge in [-0.05, 0) is 43.2 Å². The average Bonchev–Trinajstić information content (AvgIpc) is 3.18. The van der Waals surface area contributed by atoms with Crippen molar-refractivity contribution < 1.29 is 18.9 Å². The highest BCUT2D eigenvalue weighted by atomic mass is 35.5. The van der Waals surface area contributed by atoms with Crippen molar-refractivity contribution in [1.82, 2.24) is 5.32 Å². The number of hydrogen-bond acceptors (Lipinski definition) is 5. The number of nitro benzene ring substituents is 1. The Balaban J connectivity index is 1.66. The summed E-state index contributed by atoms with van der Waals surface area (Å²) in [7, 11) is 1.61. The molecule has 0 fully saturated rings. The van der Waals surface area contributed by atoms with Crippen LogP contribution in [0, 0.1) is 17.0 Å². The first-order valence-corrected chi connectivity index (χ1v) is 9.22. The third-order valence-electron chi connectivity index (χ3n) is 4.37. The highest BCUT2D eigenvalue weighted by Gasteiger charge is 2.16. The number of nitro groups is 1. The highest BCUT2D eigenvalue weighted by Crippen LogP contribution is 2.32. The van der Waals surface area contributed by atoms with Gasteiger partial charge in [-0.2, -0.15) is 0 Å². The van der Waals surface area contributed by atoms with Gasteiger partial charge in [-0.25, -0.2) is 0 Å². The van der Waals surface area contributed by atoms with Crippen LogP contribution in [-0.4, -0.2) is 24.5 Å². The van der Waals surface area contributed by atoms with Gasteiger partial charge >= 0.3 is 0 Å². The molecule has 0 saturated carbocycles. The summed E-state index contributed by atoms with van der Waals surface area (Å²) in [4.78, 5) is 22.7. The lowest BCUT2D eigenvalue weighted by Crippen LogP contribution is -2.25. The minimum Gasteiger partial charge on any atom is -0.496 e. The van der Waals surface area contributed by atoms with Gasteiger partial charge in [0.1, 0.15) is 11.5 Å². The van der Waals surface area contributed by atoms with Crippen molar-refractivity contribution in [3.8, 4) is 17.1 Å². The predicted molar refractivity (Wildman–Crippen MR) is 110 cm³/mol. The van der Waals surface area contributed by atoms with Gasteiger partial charge in [-0.3, -0.25) is 14.9 Å². The number of rotatable bonds is 7. The predicted octanol–water partition coefficient (Wildman–Crippen LogP) is 4.80. The molecule has 0 spiro atoms. The number of furan rings is 1. The molecule has 1 N–H and O–H groups in total. The lowest BCUT2D eigenvalue weighted by Gasteiger charge is -2.10. The monoisotopic (exact) mass is 414 g/mol. The van der Waals surface area contributed by atoms with E-state index in [2.05, 4.69) is 5.32 Å². The van der Waals surface area contributed by atoms with Crippen molar-refractivity contribution in [1.29, 1.82) is 0 Å². The summed E-state index contributed by atoms with van der Waals surface area (Å²) in [5.41, 5.74) is 2.48. The molecule has 0 bridgehead atoms. The van der Waals surface area contributed by atoms with Crippen LogP contribution in [-0.2, 0) is 6.42 Å². The second-order valence-corrected chi connectivity index (χ2v) is 6.81. The van der Waals surface area contributed by atoms with E-state index in [0.717, 1.165) is 16.9 Å². The average molecular weight is 415 g/mol. The molecule has 3 rings (SSSR count). The molecule has 0 atom stereocenters. The first-order chi connectivity index (χ1) is 13.9. The second-order valence-electron chi connectivity index (χ2n) is 6.41. The molecular formula is C21H19ClN2O5. The molecule has 1 heterocycles. The first-order valence-electron chi connectivity index (χ1n) is 8.85. The van der Waals surface area contributed by atoms with Crippen molar-refractivity contribution >= 4 is 23.2 Å². The smallest absolute Gasteiger partial charge is 0.287 e. The largest absolute Gasteiger partial charge is 0.496 e. The van der Waals surface area contributed by atoms with Crippen LogP contribution in [0.3, 0.4) is 0 Å². The van der Waals surface area contributed by atoms with Gasteiger partial charge in [0.2, 0.25) is 0 Å². The van der Waals surface area contributed by atoms with Gasteiger partial charge in [-0.15, -0.1) is 0 Å². The second kappa shape index (κ2) is 8.79. The molecule has 29 heavy (non-hydrogen) atoms. The Morgan fingerprint density at radius 3 is 2.69 bits per heavy atom. The number of benzene rings is 2. The van der Waals surface area contributed by atoms with E-state index in [9.17, 15) is 14.9 Å². The Labute approximate surface area is 172 Å². The number of aryl methyl sites for hydroxylation is 1. The van der Waals surface area contributed by atoms with Crippen LogP contribution < -0.4 is 10.1 Å². The van der Waals surface area contributed by atoms with E-state index < -0.39 is 4.92 Å². The topological polar surface area (TPSA) is 94.6 Å². The van der Waals surface area contributed by atoms with Crippen LogP contribution in [0.5, 0.6) is 5.75 Å². The molecule has 1 amide bonds. The van der Waals surface area contributed by atoms with Gasteiger partial charge in [0.15, 0.2) is 5.76 Å². The molecule has 3 aromatic rings. The van der Waals surface area contributed by atoms with Crippen LogP contribution in [0.1, 0.15) is 21.7 Å². The van der Waals surface area contributed by atoms with Crippen LogP contribution in [0.25, 0.3) is 11.3 Å². The SMILES string of the molecule is COc1ccc(C)cc1CCNC(=O)c1ccc(-c2ccc([N+](=O)[O-])cc2Cl)o1. The Hall–Kier alpha value is -3.32. The zero-order valence-corrected chi connectivity index (χ0v) is 16.7. The molecule has 0 radical (unpaired) electrons. The van der Waals surface area contributed by atoms with Crippen LogP contribution in [0.4, 0.5) is 5.69 Å². The van der Waals surface area contributed by atoms with Gasteiger partial charge in [0.05, 0.1) is 17.1 Å². The number of hydrogen-bond donors (Lipinski definition) is 1. The quantitative estimate of drug-likeness (QED) is 0.442. The zero-order valence-electron chi connectivity index (χ0n) is 15.9. The van der Waals surface area contributed by atoms with Gasteiger partial charge in [0.25, 0.3) is 11.6 Å². The maximum Gasteiger partial charge on any atom is 0.287 e. The minimum atomic E-state index is -0.528. The summed E-state index contributed by atoms with van der Waals surface area (Å²) < 4.78 is 10.9. The minimum absolute atomic E-state index is 0.116. The fourth-order valence-corrected chi connectivity index (χ4v) is 3.19. The number of carbonyl (C=O) groups is 1. The summed E-state index contributed by atoms with van der Waals surface area (Å²) in [6.07, 6.45) is 0.609. The Morgan fingerprint density at radius 1 is 1.21 bits per heavy atom. The van der Waals surface area contributed by atoms with Crippen LogP contribution >= 0.6 is 11.6 Å². The number of carbonyl (C=O) groups excluding carboxylic acids is 1. The number of amides is 1. The highest BCUT2D eigenvalue weighted by molar-refractivity contribution is 6.33. The molecular weight excluding hydrogens is 396 g/mol. The van der Waals surface area contributed by atoms with E-state index in [4.69, 9.17) is 20.8 Å². The van der Waals surface area contributed by atoms with Crippen molar-refractivity contribution in [3.05, 3.63) is 80.6 Å². The van der Waals surface area contributed by atoms with Crippen molar-refractivity contribution in [2.24, 2.45) is 0 Å². The summed E-state index contributed by atoms with van der Waals surface area (Å²) in [5, 5.41) is 13.8. The lowest BCUT2D eigenvalue weighted by molar-refractivity contribution is -0.384. The van der Waals surface area contributed by atoms with Gasteiger partial charge in [-0.1, -0.05) is 29.3 Å². The Bertz CT molecular complexity index is 1060. The maximum absolute atomic E-state index is 12.4. The number of ether oxygens (including phenoxy) is 1. The van der Waals surface area contributed by atoms with Crippen molar-refractivity contribution in [3.63, 3.8) is 0 Å². The van der Waals surface area contributed by atoms with Crippen LogP contribution in [0.2, 0.25) is 5.02 Å². The third-order valence-corrected chi connectivity index (χ3v) is 4.69. The number of halogens is 1. The summed E-state index contributed by atoms with van der Waals surface area (Å²) in [6.45, 7) is 2.40. The Morgan fingerprint density at radius 2 is 2.00 bits per heavy atom. The van der Waals surface area contributed by atoms with E-state index in [1.54, 1.807) is 13.2 Å². The van der Waals surface area contributed by atoms with Gasteiger partial charge < -0.3 is 14.5 Å². The molecule has 7 nitrogen and oxygen atoms in total. The van der Waals surface area contributed by atoms with Gasteiger partial charge in [0, 0.05) is 24.2 Å². The molecule has 8 heteroatoms. The van der Waals surface area contributed by atoms with Crippen molar-refractivity contribution in [2.75, 3.05) is 13.7 Å². The van der Waals surface area contributed by atoms with E-state index in [-0.39, 0.29) is 22.4 Å². The molecule has 0 aliphatic heterocycles. The molecule has 2 aromatic carbocycles. The molecule has 0 saturated heterocycles. The first kappa shape index (κ1) is 20.4. The maximum atomic E-state index is 12.4. The van der Waals surface area contributed by atoms with Crippen LogP contribution in [0.15, 0.2) is 52.9 Å². The third kappa shape index (κ3) is 4.75. The fourth-order valence-electron chi connectivity index (χ4n) is 2.92. The summed E-state index contributed by atoms with van der Waals surface area (Å²) >= 11 is 6.11. The molecule has 0 unspecified atom stereocenters. The number of nitrogens with one attached hydrogen (secondary N) is 1. The van der Waals surface area contributed by atoms with E-state index in [0.29, 0.717) is 24.3 Å². The van der Waals surface area contributed by atoms with Crippen molar-refractivity contribution in [2.45, 2.75) is 13.3 Å².